The monoisotopic (exact) mass is 410 g/mol. The molecule has 1 saturated heterocycles. The van der Waals surface area contributed by atoms with E-state index in [-0.39, 0.29) is 11.9 Å². The maximum Gasteiger partial charge on any atom is 0.289 e. The number of piperidine rings is 1. The number of furan rings is 1. The SMILES string of the molecule is CCc1c(Cl)nc(-c2ccccc2)nc1NC1CCN(C(=O)c2ccco2)CC1. The Balaban J connectivity index is 1.48. The van der Waals surface area contributed by atoms with Gasteiger partial charge in [0.2, 0.25) is 0 Å². The summed E-state index contributed by atoms with van der Waals surface area (Å²) in [5.74, 6) is 1.72. The van der Waals surface area contributed by atoms with E-state index >= 15 is 0 Å². The molecule has 0 atom stereocenters. The van der Waals surface area contributed by atoms with Gasteiger partial charge in [0.25, 0.3) is 5.91 Å². The lowest BCUT2D eigenvalue weighted by Crippen LogP contribution is -2.42. The van der Waals surface area contributed by atoms with E-state index in [1.54, 1.807) is 12.1 Å². The highest BCUT2D eigenvalue weighted by Crippen LogP contribution is 2.28. The van der Waals surface area contributed by atoms with Crippen LogP contribution in [0, 0.1) is 0 Å². The molecule has 1 aromatic carbocycles. The molecule has 29 heavy (non-hydrogen) atoms. The zero-order valence-electron chi connectivity index (χ0n) is 16.3. The van der Waals surface area contributed by atoms with Crippen LogP contribution in [-0.2, 0) is 6.42 Å². The third kappa shape index (κ3) is 4.27. The molecule has 1 fully saturated rings. The smallest absolute Gasteiger partial charge is 0.289 e. The lowest BCUT2D eigenvalue weighted by molar-refractivity contribution is 0.0686. The van der Waals surface area contributed by atoms with Crippen molar-refractivity contribution in [2.45, 2.75) is 32.2 Å². The molecule has 150 valence electrons. The number of amides is 1. The number of hydrogen-bond acceptors (Lipinski definition) is 5. The molecule has 1 amide bonds. The van der Waals surface area contributed by atoms with Crippen LogP contribution < -0.4 is 5.32 Å². The second-order valence-electron chi connectivity index (χ2n) is 7.07. The first-order valence-electron chi connectivity index (χ1n) is 9.87. The third-order valence-electron chi connectivity index (χ3n) is 5.20. The molecule has 1 aliphatic rings. The highest BCUT2D eigenvalue weighted by molar-refractivity contribution is 6.30. The van der Waals surface area contributed by atoms with E-state index in [0.717, 1.165) is 36.2 Å². The third-order valence-corrected chi connectivity index (χ3v) is 5.51. The van der Waals surface area contributed by atoms with E-state index in [2.05, 4.69) is 10.3 Å². The van der Waals surface area contributed by atoms with Gasteiger partial charge in [0.15, 0.2) is 11.6 Å². The van der Waals surface area contributed by atoms with Crippen molar-refractivity contribution in [2.24, 2.45) is 0 Å². The zero-order valence-corrected chi connectivity index (χ0v) is 17.0. The summed E-state index contributed by atoms with van der Waals surface area (Å²) in [6.07, 6.45) is 3.93. The summed E-state index contributed by atoms with van der Waals surface area (Å²) >= 11 is 6.47. The molecule has 0 saturated carbocycles. The number of aromatic nitrogens is 2. The minimum atomic E-state index is -0.0564. The van der Waals surface area contributed by atoms with Gasteiger partial charge in [-0.3, -0.25) is 4.79 Å². The van der Waals surface area contributed by atoms with Gasteiger partial charge in [-0.1, -0.05) is 48.9 Å². The van der Waals surface area contributed by atoms with Crippen LogP contribution >= 0.6 is 11.6 Å². The number of hydrogen-bond donors (Lipinski definition) is 1. The van der Waals surface area contributed by atoms with Crippen LogP contribution in [0.1, 0.15) is 35.9 Å². The van der Waals surface area contributed by atoms with Gasteiger partial charge in [0.05, 0.1) is 6.26 Å². The Bertz CT molecular complexity index is 968. The summed E-state index contributed by atoms with van der Waals surface area (Å²) in [6, 6.07) is 13.5. The first-order chi connectivity index (χ1) is 14.2. The largest absolute Gasteiger partial charge is 0.459 e. The van der Waals surface area contributed by atoms with Crippen LogP contribution in [0.3, 0.4) is 0 Å². The molecule has 3 aromatic rings. The number of likely N-dealkylation sites (tertiary alicyclic amines) is 1. The summed E-state index contributed by atoms with van der Waals surface area (Å²) in [5.41, 5.74) is 1.85. The molecule has 0 bridgehead atoms. The predicted octanol–water partition coefficient (Wildman–Crippen LogP) is 4.67. The molecule has 7 heteroatoms. The van der Waals surface area contributed by atoms with Crippen LogP contribution in [0.2, 0.25) is 5.15 Å². The number of halogens is 1. The molecule has 0 radical (unpaired) electrons. The maximum absolute atomic E-state index is 12.4. The molecule has 4 rings (SSSR count). The summed E-state index contributed by atoms with van der Waals surface area (Å²) in [5, 5.41) is 4.03. The number of carbonyl (C=O) groups is 1. The molecule has 1 N–H and O–H groups in total. The van der Waals surface area contributed by atoms with E-state index in [1.165, 1.54) is 6.26 Å². The van der Waals surface area contributed by atoms with Crippen LogP contribution in [0.15, 0.2) is 53.1 Å². The molecular weight excluding hydrogens is 388 g/mol. The Morgan fingerprint density at radius 1 is 1.17 bits per heavy atom. The molecule has 0 aliphatic carbocycles. The van der Waals surface area contributed by atoms with Crippen LogP contribution in [0.25, 0.3) is 11.4 Å². The molecule has 0 spiro atoms. The van der Waals surface area contributed by atoms with Crippen molar-refractivity contribution in [2.75, 3.05) is 18.4 Å². The fourth-order valence-electron chi connectivity index (χ4n) is 3.58. The Hall–Kier alpha value is -2.86. The molecule has 0 unspecified atom stereocenters. The standard InChI is InChI=1S/C22H23ClN4O2/c1-2-17-19(23)25-20(15-7-4-3-5-8-15)26-21(17)24-16-10-12-27(13-11-16)22(28)18-9-6-14-29-18/h3-9,14,16H,2,10-13H2,1H3,(H,24,25,26). The maximum atomic E-state index is 12.4. The topological polar surface area (TPSA) is 71.3 Å². The van der Waals surface area contributed by atoms with E-state index in [9.17, 15) is 4.79 Å². The number of benzene rings is 1. The Morgan fingerprint density at radius 2 is 1.93 bits per heavy atom. The van der Waals surface area contributed by atoms with E-state index in [4.69, 9.17) is 21.0 Å². The number of anilines is 1. The number of nitrogens with zero attached hydrogens (tertiary/aromatic N) is 3. The van der Waals surface area contributed by atoms with E-state index in [0.29, 0.717) is 29.8 Å². The summed E-state index contributed by atoms with van der Waals surface area (Å²) in [6.45, 7) is 3.38. The van der Waals surface area contributed by atoms with Gasteiger partial charge in [-0.25, -0.2) is 9.97 Å². The van der Waals surface area contributed by atoms with Gasteiger partial charge in [-0.2, -0.15) is 0 Å². The van der Waals surface area contributed by atoms with Crippen molar-refractivity contribution in [3.05, 3.63) is 65.2 Å². The molecule has 3 heterocycles. The zero-order chi connectivity index (χ0) is 20.2. The summed E-state index contributed by atoms with van der Waals surface area (Å²) < 4.78 is 5.23. The first kappa shape index (κ1) is 19.5. The highest BCUT2D eigenvalue weighted by atomic mass is 35.5. The van der Waals surface area contributed by atoms with Gasteiger partial charge in [0.1, 0.15) is 11.0 Å². The predicted molar refractivity (Wildman–Crippen MR) is 113 cm³/mol. The van der Waals surface area contributed by atoms with Gasteiger partial charge in [-0.05, 0) is 31.4 Å². The van der Waals surface area contributed by atoms with Crippen molar-refractivity contribution >= 4 is 23.3 Å². The van der Waals surface area contributed by atoms with Crippen molar-refractivity contribution in [3.63, 3.8) is 0 Å². The van der Waals surface area contributed by atoms with Crippen molar-refractivity contribution in [1.82, 2.24) is 14.9 Å². The summed E-state index contributed by atoms with van der Waals surface area (Å²) in [7, 11) is 0. The molecule has 1 aliphatic heterocycles. The van der Waals surface area contributed by atoms with Crippen molar-refractivity contribution in [3.8, 4) is 11.4 Å². The van der Waals surface area contributed by atoms with Gasteiger partial charge < -0.3 is 14.6 Å². The minimum Gasteiger partial charge on any atom is -0.459 e. The van der Waals surface area contributed by atoms with Gasteiger partial charge >= 0.3 is 0 Å². The van der Waals surface area contributed by atoms with E-state index in [1.807, 2.05) is 42.2 Å². The second-order valence-corrected chi connectivity index (χ2v) is 7.43. The van der Waals surface area contributed by atoms with Crippen molar-refractivity contribution in [1.29, 1.82) is 0 Å². The lowest BCUT2D eigenvalue weighted by atomic mass is 10.0. The Morgan fingerprint density at radius 3 is 2.59 bits per heavy atom. The second kappa shape index (κ2) is 8.66. The molecule has 2 aromatic heterocycles. The van der Waals surface area contributed by atoms with Crippen LogP contribution in [-0.4, -0.2) is 39.9 Å². The Kier molecular flexibility index (Phi) is 5.81. The first-order valence-corrected chi connectivity index (χ1v) is 10.2. The quantitative estimate of drug-likeness (QED) is 0.619. The highest BCUT2D eigenvalue weighted by Gasteiger charge is 2.26. The average Bonchev–Trinajstić information content (AvgIpc) is 3.29. The molecule has 6 nitrogen and oxygen atoms in total. The van der Waals surface area contributed by atoms with Gasteiger partial charge in [-0.15, -0.1) is 0 Å². The lowest BCUT2D eigenvalue weighted by Gasteiger charge is -2.32. The normalized spacial score (nSPS) is 14.8. The fraction of sp³-hybridized carbons (Fsp3) is 0.318. The van der Waals surface area contributed by atoms with E-state index < -0.39 is 0 Å². The van der Waals surface area contributed by atoms with Crippen LogP contribution in [0.5, 0.6) is 0 Å². The summed E-state index contributed by atoms with van der Waals surface area (Å²) in [4.78, 5) is 23.5. The molecular formula is C22H23ClN4O2. The average molecular weight is 411 g/mol. The Labute approximate surface area is 174 Å². The number of carbonyl (C=O) groups excluding carboxylic acids is 1. The number of rotatable bonds is 5. The fourth-order valence-corrected chi connectivity index (χ4v) is 3.89. The van der Waals surface area contributed by atoms with Crippen molar-refractivity contribution < 1.29 is 9.21 Å². The van der Waals surface area contributed by atoms with Gasteiger partial charge in [0, 0.05) is 30.3 Å². The number of nitrogens with one attached hydrogen (secondary N) is 1. The van der Waals surface area contributed by atoms with Crippen LogP contribution in [0.4, 0.5) is 5.82 Å². The minimum absolute atomic E-state index is 0.0564.